The molecule has 4 heteroatoms. The highest BCUT2D eigenvalue weighted by molar-refractivity contribution is 5.74. The molecule has 2 atom stereocenters. The van der Waals surface area contributed by atoms with E-state index in [-0.39, 0.29) is 18.9 Å². The summed E-state index contributed by atoms with van der Waals surface area (Å²) >= 11 is 0. The van der Waals surface area contributed by atoms with Gasteiger partial charge in [-0.2, -0.15) is 0 Å². The van der Waals surface area contributed by atoms with Crippen molar-refractivity contribution in [3.63, 3.8) is 0 Å². The van der Waals surface area contributed by atoms with E-state index >= 15 is 0 Å². The summed E-state index contributed by atoms with van der Waals surface area (Å²) in [6.45, 7) is 7.68. The summed E-state index contributed by atoms with van der Waals surface area (Å²) in [5.41, 5.74) is 0. The van der Waals surface area contributed by atoms with E-state index in [1.807, 2.05) is 0 Å². The van der Waals surface area contributed by atoms with Crippen molar-refractivity contribution < 1.29 is 19.0 Å². The van der Waals surface area contributed by atoms with E-state index < -0.39 is 6.10 Å². The van der Waals surface area contributed by atoms with Gasteiger partial charge in [-0.3, -0.25) is 0 Å². The largest absolute Gasteiger partial charge is 0.460 e. The Hall–Kier alpha value is -1.13. The van der Waals surface area contributed by atoms with Gasteiger partial charge in [-0.05, 0) is 19.3 Å². The second kappa shape index (κ2) is 7.19. The van der Waals surface area contributed by atoms with Crippen LogP contribution in [0.15, 0.2) is 25.3 Å². The van der Waals surface area contributed by atoms with Crippen molar-refractivity contribution in [2.75, 3.05) is 13.2 Å². The van der Waals surface area contributed by atoms with Gasteiger partial charge in [0.05, 0.1) is 6.61 Å². The molecule has 0 radical (unpaired) electrons. The molecule has 2 unspecified atom stereocenters. The van der Waals surface area contributed by atoms with Crippen molar-refractivity contribution in [2.45, 2.75) is 31.7 Å². The minimum absolute atomic E-state index is 0.219. The molecule has 0 N–H and O–H groups in total. The van der Waals surface area contributed by atoms with Crippen LogP contribution in [0.5, 0.6) is 0 Å². The monoisotopic (exact) mass is 226 g/mol. The summed E-state index contributed by atoms with van der Waals surface area (Å²) in [5.74, 6) is -0.341. The molecule has 16 heavy (non-hydrogen) atoms. The van der Waals surface area contributed by atoms with E-state index in [0.717, 1.165) is 12.8 Å². The van der Waals surface area contributed by atoms with Crippen LogP contribution in [0.2, 0.25) is 0 Å². The highest BCUT2D eigenvalue weighted by Gasteiger charge is 2.29. The van der Waals surface area contributed by atoms with Crippen molar-refractivity contribution in [1.29, 1.82) is 0 Å². The van der Waals surface area contributed by atoms with Crippen molar-refractivity contribution in [1.82, 2.24) is 0 Å². The molecule has 4 nitrogen and oxygen atoms in total. The molecule has 0 amide bonds. The molecule has 1 heterocycles. The standard InChI is InChI=1S/C12H18O4/c1-3-8-14-11-7-5-6-10(16-11)12(13)15-9-4-2/h3-4,10-11H,1-2,5-9H2. The predicted molar refractivity (Wildman–Crippen MR) is 59.8 cm³/mol. The second-order valence-electron chi connectivity index (χ2n) is 3.53. The fourth-order valence-corrected chi connectivity index (χ4v) is 1.49. The number of carbonyl (C=O) groups excluding carboxylic acids is 1. The van der Waals surface area contributed by atoms with Crippen LogP contribution in [0.25, 0.3) is 0 Å². The van der Waals surface area contributed by atoms with E-state index in [1.165, 1.54) is 6.08 Å². The SMILES string of the molecule is C=CCOC(=O)C1CCCC(OCC=C)O1. The normalized spacial score (nSPS) is 24.8. The number of rotatable bonds is 6. The maximum atomic E-state index is 11.5. The van der Waals surface area contributed by atoms with Crippen molar-refractivity contribution in [2.24, 2.45) is 0 Å². The highest BCUT2D eigenvalue weighted by atomic mass is 16.7. The van der Waals surface area contributed by atoms with Crippen LogP contribution < -0.4 is 0 Å². The van der Waals surface area contributed by atoms with Crippen LogP contribution in [-0.4, -0.2) is 31.6 Å². The molecule has 0 aromatic rings. The summed E-state index contributed by atoms with van der Waals surface area (Å²) in [5, 5.41) is 0. The lowest BCUT2D eigenvalue weighted by atomic mass is 10.1. The van der Waals surface area contributed by atoms with Gasteiger partial charge in [0.15, 0.2) is 12.4 Å². The lowest BCUT2D eigenvalue weighted by molar-refractivity contribution is -0.205. The molecule has 0 aromatic carbocycles. The van der Waals surface area contributed by atoms with E-state index in [9.17, 15) is 4.79 Å². The Labute approximate surface area is 95.9 Å². The smallest absolute Gasteiger partial charge is 0.335 e. The first-order chi connectivity index (χ1) is 7.77. The van der Waals surface area contributed by atoms with Gasteiger partial charge in [0.1, 0.15) is 6.61 Å². The van der Waals surface area contributed by atoms with Crippen LogP contribution in [0.1, 0.15) is 19.3 Å². The number of ether oxygens (including phenoxy) is 3. The Morgan fingerprint density at radius 1 is 1.31 bits per heavy atom. The van der Waals surface area contributed by atoms with Gasteiger partial charge in [-0.15, -0.1) is 6.58 Å². The summed E-state index contributed by atoms with van der Waals surface area (Å²) < 4.78 is 15.7. The molecule has 90 valence electrons. The second-order valence-corrected chi connectivity index (χ2v) is 3.53. The Morgan fingerprint density at radius 3 is 2.75 bits per heavy atom. The molecular weight excluding hydrogens is 208 g/mol. The van der Waals surface area contributed by atoms with E-state index in [2.05, 4.69) is 13.2 Å². The van der Waals surface area contributed by atoms with E-state index in [0.29, 0.717) is 13.0 Å². The molecule has 0 saturated carbocycles. The molecule has 1 aliphatic heterocycles. The van der Waals surface area contributed by atoms with Crippen LogP contribution in [0.4, 0.5) is 0 Å². The number of esters is 1. The first-order valence-corrected chi connectivity index (χ1v) is 5.43. The Bertz CT molecular complexity index is 249. The average Bonchev–Trinajstić information content (AvgIpc) is 2.33. The van der Waals surface area contributed by atoms with E-state index in [4.69, 9.17) is 14.2 Å². The molecule has 0 spiro atoms. The Kier molecular flexibility index (Phi) is 5.82. The maximum Gasteiger partial charge on any atom is 0.335 e. The molecule has 0 aliphatic carbocycles. The number of hydrogen-bond acceptors (Lipinski definition) is 4. The van der Waals surface area contributed by atoms with Crippen LogP contribution in [-0.2, 0) is 19.0 Å². The van der Waals surface area contributed by atoms with Crippen molar-refractivity contribution in [3.05, 3.63) is 25.3 Å². The molecule has 0 bridgehead atoms. The van der Waals surface area contributed by atoms with E-state index in [1.54, 1.807) is 6.08 Å². The fraction of sp³-hybridized carbons (Fsp3) is 0.583. The van der Waals surface area contributed by atoms with Crippen molar-refractivity contribution in [3.8, 4) is 0 Å². The molecular formula is C12H18O4. The third-order valence-electron chi connectivity index (χ3n) is 2.23. The van der Waals surface area contributed by atoms with Gasteiger partial charge in [-0.25, -0.2) is 4.79 Å². The zero-order valence-electron chi connectivity index (χ0n) is 9.39. The highest BCUT2D eigenvalue weighted by Crippen LogP contribution is 2.20. The minimum Gasteiger partial charge on any atom is -0.460 e. The van der Waals surface area contributed by atoms with Gasteiger partial charge in [0, 0.05) is 0 Å². The maximum absolute atomic E-state index is 11.5. The molecule has 1 fully saturated rings. The van der Waals surface area contributed by atoms with Crippen LogP contribution in [0, 0.1) is 0 Å². The van der Waals surface area contributed by atoms with Gasteiger partial charge in [-0.1, -0.05) is 18.7 Å². The Morgan fingerprint density at radius 2 is 2.06 bits per heavy atom. The summed E-state index contributed by atoms with van der Waals surface area (Å²) in [6, 6.07) is 0. The van der Waals surface area contributed by atoms with Gasteiger partial charge in [0.25, 0.3) is 0 Å². The lowest BCUT2D eigenvalue weighted by Crippen LogP contribution is -2.36. The molecule has 1 saturated heterocycles. The third-order valence-corrected chi connectivity index (χ3v) is 2.23. The topological polar surface area (TPSA) is 44.8 Å². The van der Waals surface area contributed by atoms with Crippen molar-refractivity contribution >= 4 is 5.97 Å². The zero-order chi connectivity index (χ0) is 11.8. The fourth-order valence-electron chi connectivity index (χ4n) is 1.49. The third kappa shape index (κ3) is 4.16. The number of hydrogen-bond donors (Lipinski definition) is 0. The molecule has 0 aromatic heterocycles. The zero-order valence-corrected chi connectivity index (χ0v) is 9.39. The minimum atomic E-state index is -0.511. The average molecular weight is 226 g/mol. The quantitative estimate of drug-likeness (QED) is 0.512. The summed E-state index contributed by atoms with van der Waals surface area (Å²) in [7, 11) is 0. The summed E-state index contributed by atoms with van der Waals surface area (Å²) in [6.07, 6.45) is 4.74. The molecule has 1 aliphatic rings. The predicted octanol–water partition coefficient (Wildman–Crippen LogP) is 1.81. The van der Waals surface area contributed by atoms with Gasteiger partial charge >= 0.3 is 5.97 Å². The first-order valence-electron chi connectivity index (χ1n) is 5.43. The van der Waals surface area contributed by atoms with Crippen LogP contribution in [0.3, 0.4) is 0 Å². The number of carbonyl (C=O) groups is 1. The van der Waals surface area contributed by atoms with Crippen LogP contribution >= 0.6 is 0 Å². The lowest BCUT2D eigenvalue weighted by Gasteiger charge is -2.28. The van der Waals surface area contributed by atoms with Gasteiger partial charge < -0.3 is 14.2 Å². The molecule has 1 rings (SSSR count). The summed E-state index contributed by atoms with van der Waals surface area (Å²) in [4.78, 5) is 11.5. The first kappa shape index (κ1) is 12.9. The Balaban J connectivity index is 2.34. The van der Waals surface area contributed by atoms with Gasteiger partial charge in [0.2, 0.25) is 0 Å².